The summed E-state index contributed by atoms with van der Waals surface area (Å²) in [6.45, 7) is 3.84. The molecule has 1 aromatic rings. The number of piperidine rings is 1. The van der Waals surface area contributed by atoms with Crippen molar-refractivity contribution in [3.8, 4) is 0 Å². The number of likely N-dealkylation sites (N-methyl/N-ethyl adjacent to an activating group) is 1. The zero-order chi connectivity index (χ0) is 12.5. The van der Waals surface area contributed by atoms with Gasteiger partial charge in [-0.2, -0.15) is 0 Å². The maximum absolute atomic E-state index is 6.22. The molecule has 2 saturated heterocycles. The molecule has 2 aliphatic rings. The van der Waals surface area contributed by atoms with Crippen LogP contribution < -0.4 is 4.90 Å². The van der Waals surface area contributed by atoms with Crippen molar-refractivity contribution in [2.24, 2.45) is 0 Å². The van der Waals surface area contributed by atoms with Crippen LogP contribution in [0.4, 0.5) is 5.69 Å². The molecule has 0 saturated carbocycles. The zero-order valence-electron chi connectivity index (χ0n) is 10.6. The third kappa shape index (κ3) is 2.20. The lowest BCUT2D eigenvalue weighted by Gasteiger charge is -2.46. The van der Waals surface area contributed by atoms with Crippen LogP contribution in [0.2, 0.25) is 5.02 Å². The van der Waals surface area contributed by atoms with E-state index in [0.29, 0.717) is 12.1 Å². The molecule has 3 rings (SSSR count). The lowest BCUT2D eigenvalue weighted by Crippen LogP contribution is -2.58. The number of hydrogen-bond acceptors (Lipinski definition) is 4. The fraction of sp³-hybridized carbons (Fsp3) is 0.615. The Kier molecular flexibility index (Phi) is 3.41. The maximum atomic E-state index is 6.22. The molecule has 2 atom stereocenters. The van der Waals surface area contributed by atoms with Crippen LogP contribution in [0.5, 0.6) is 0 Å². The van der Waals surface area contributed by atoms with E-state index < -0.39 is 0 Å². The first-order valence-electron chi connectivity index (χ1n) is 6.42. The normalized spacial score (nSPS) is 29.1. The van der Waals surface area contributed by atoms with Gasteiger partial charge in [0.15, 0.2) is 0 Å². The summed E-state index contributed by atoms with van der Waals surface area (Å²) in [4.78, 5) is 8.78. The molecule has 0 spiro atoms. The number of pyridine rings is 1. The average molecular weight is 268 g/mol. The van der Waals surface area contributed by atoms with Crippen molar-refractivity contribution < 1.29 is 4.74 Å². The molecule has 18 heavy (non-hydrogen) atoms. The molecule has 0 radical (unpaired) electrons. The second kappa shape index (κ2) is 5.03. The predicted molar refractivity (Wildman–Crippen MR) is 72.2 cm³/mol. The van der Waals surface area contributed by atoms with Crippen LogP contribution in [0.1, 0.15) is 6.42 Å². The molecule has 1 aromatic heterocycles. The standard InChI is InChI=1S/C13H18ClN3O/c1-16-6-7-18-13-3-5-17(9-12(13)16)11-2-4-15-8-10(11)14/h2,4,8,12-13H,3,5-7,9H2,1H3/t12-,13-/m0/s1. The highest BCUT2D eigenvalue weighted by Gasteiger charge is 2.35. The van der Waals surface area contributed by atoms with E-state index in [1.807, 2.05) is 6.07 Å². The number of halogens is 1. The van der Waals surface area contributed by atoms with Crippen LogP contribution in [-0.4, -0.2) is 55.3 Å². The summed E-state index contributed by atoms with van der Waals surface area (Å²) in [7, 11) is 2.18. The van der Waals surface area contributed by atoms with Crippen molar-refractivity contribution in [1.82, 2.24) is 9.88 Å². The van der Waals surface area contributed by atoms with E-state index in [-0.39, 0.29) is 0 Å². The monoisotopic (exact) mass is 267 g/mol. The quantitative estimate of drug-likeness (QED) is 0.774. The maximum Gasteiger partial charge on any atom is 0.0822 e. The Balaban J connectivity index is 1.78. The third-order valence-corrected chi connectivity index (χ3v) is 4.25. The van der Waals surface area contributed by atoms with Crippen molar-refractivity contribution in [1.29, 1.82) is 0 Å². The first kappa shape index (κ1) is 12.2. The molecule has 0 bridgehead atoms. The summed E-state index contributed by atoms with van der Waals surface area (Å²) in [5.74, 6) is 0. The second-order valence-electron chi connectivity index (χ2n) is 5.02. The fourth-order valence-corrected chi connectivity index (χ4v) is 3.12. The van der Waals surface area contributed by atoms with E-state index in [9.17, 15) is 0 Å². The van der Waals surface area contributed by atoms with Gasteiger partial charge in [0.25, 0.3) is 0 Å². The molecule has 3 heterocycles. The molecule has 0 unspecified atom stereocenters. The van der Waals surface area contributed by atoms with E-state index in [4.69, 9.17) is 16.3 Å². The van der Waals surface area contributed by atoms with Gasteiger partial charge in [0.1, 0.15) is 0 Å². The molecule has 5 heteroatoms. The van der Waals surface area contributed by atoms with Crippen LogP contribution in [0, 0.1) is 0 Å². The predicted octanol–water partition coefficient (Wildman–Crippen LogP) is 1.64. The highest BCUT2D eigenvalue weighted by atomic mass is 35.5. The second-order valence-corrected chi connectivity index (χ2v) is 5.43. The number of hydrogen-bond donors (Lipinski definition) is 0. The molecule has 4 nitrogen and oxygen atoms in total. The molecule has 0 N–H and O–H groups in total. The lowest BCUT2D eigenvalue weighted by molar-refractivity contribution is -0.0687. The highest BCUT2D eigenvalue weighted by molar-refractivity contribution is 6.33. The summed E-state index contributed by atoms with van der Waals surface area (Å²) < 4.78 is 5.85. The van der Waals surface area contributed by atoms with Gasteiger partial charge in [-0.1, -0.05) is 11.6 Å². The molecular formula is C13H18ClN3O. The van der Waals surface area contributed by atoms with Gasteiger partial charge in [-0.25, -0.2) is 0 Å². The lowest BCUT2D eigenvalue weighted by atomic mass is 9.99. The Labute approximate surface area is 112 Å². The summed E-state index contributed by atoms with van der Waals surface area (Å²) in [5.41, 5.74) is 1.09. The molecule has 0 amide bonds. The number of morpholine rings is 1. The average Bonchev–Trinajstić information content (AvgIpc) is 2.40. The third-order valence-electron chi connectivity index (χ3n) is 3.95. The van der Waals surface area contributed by atoms with Crippen LogP contribution in [0.3, 0.4) is 0 Å². The van der Waals surface area contributed by atoms with E-state index >= 15 is 0 Å². The van der Waals surface area contributed by atoms with E-state index in [0.717, 1.165) is 43.4 Å². The topological polar surface area (TPSA) is 28.6 Å². The van der Waals surface area contributed by atoms with Crippen LogP contribution in [-0.2, 0) is 4.74 Å². The Morgan fingerprint density at radius 1 is 1.44 bits per heavy atom. The van der Waals surface area contributed by atoms with E-state index in [2.05, 4.69) is 21.8 Å². The van der Waals surface area contributed by atoms with Crippen molar-refractivity contribution in [2.45, 2.75) is 18.6 Å². The summed E-state index contributed by atoms with van der Waals surface area (Å²) in [6, 6.07) is 2.46. The molecular weight excluding hydrogens is 250 g/mol. The van der Waals surface area contributed by atoms with Crippen LogP contribution >= 0.6 is 11.6 Å². The number of anilines is 1. The summed E-state index contributed by atoms with van der Waals surface area (Å²) >= 11 is 6.22. The Bertz CT molecular complexity index is 428. The Morgan fingerprint density at radius 3 is 3.17 bits per heavy atom. The van der Waals surface area contributed by atoms with Gasteiger partial charge in [-0.05, 0) is 19.5 Å². The first-order valence-corrected chi connectivity index (χ1v) is 6.80. The van der Waals surface area contributed by atoms with Crippen molar-refractivity contribution >= 4 is 17.3 Å². The largest absolute Gasteiger partial charge is 0.375 e. The number of ether oxygens (including phenoxy) is 1. The Hall–Kier alpha value is -0.840. The van der Waals surface area contributed by atoms with Crippen LogP contribution in [0.25, 0.3) is 0 Å². The summed E-state index contributed by atoms with van der Waals surface area (Å²) in [6.07, 6.45) is 4.95. The number of nitrogens with zero attached hydrogens (tertiary/aromatic N) is 3. The molecule has 0 aliphatic carbocycles. The molecule has 2 fully saturated rings. The fourth-order valence-electron chi connectivity index (χ4n) is 2.88. The molecule has 98 valence electrons. The van der Waals surface area contributed by atoms with Gasteiger partial charge in [0.05, 0.1) is 29.5 Å². The minimum Gasteiger partial charge on any atom is -0.375 e. The van der Waals surface area contributed by atoms with Gasteiger partial charge in [0.2, 0.25) is 0 Å². The van der Waals surface area contributed by atoms with E-state index in [1.54, 1.807) is 12.4 Å². The number of rotatable bonds is 1. The van der Waals surface area contributed by atoms with E-state index in [1.165, 1.54) is 0 Å². The number of fused-ring (bicyclic) bond motifs is 1. The highest BCUT2D eigenvalue weighted by Crippen LogP contribution is 2.30. The van der Waals surface area contributed by atoms with Gasteiger partial charge < -0.3 is 9.64 Å². The van der Waals surface area contributed by atoms with Gasteiger partial charge in [0, 0.05) is 32.0 Å². The van der Waals surface area contributed by atoms with Crippen LogP contribution in [0.15, 0.2) is 18.5 Å². The minimum absolute atomic E-state index is 0.376. The SMILES string of the molecule is CN1CCO[C@H]2CCN(c3ccncc3Cl)C[C@@H]21. The molecule has 2 aliphatic heterocycles. The van der Waals surface area contributed by atoms with Crippen molar-refractivity contribution in [3.05, 3.63) is 23.5 Å². The van der Waals surface area contributed by atoms with Crippen molar-refractivity contribution in [2.75, 3.05) is 38.2 Å². The minimum atomic E-state index is 0.376. The number of aromatic nitrogens is 1. The van der Waals surface area contributed by atoms with Gasteiger partial charge in [-0.3, -0.25) is 9.88 Å². The van der Waals surface area contributed by atoms with Crippen molar-refractivity contribution in [3.63, 3.8) is 0 Å². The first-order chi connectivity index (χ1) is 8.75. The molecule has 0 aromatic carbocycles. The van der Waals surface area contributed by atoms with Gasteiger partial charge in [-0.15, -0.1) is 0 Å². The zero-order valence-corrected chi connectivity index (χ0v) is 11.3. The summed E-state index contributed by atoms with van der Waals surface area (Å²) in [5, 5.41) is 0.732. The van der Waals surface area contributed by atoms with Gasteiger partial charge >= 0.3 is 0 Å². The Morgan fingerprint density at radius 2 is 2.33 bits per heavy atom. The smallest absolute Gasteiger partial charge is 0.0822 e.